The van der Waals surface area contributed by atoms with Gasteiger partial charge in [-0.05, 0) is 31.7 Å². The van der Waals surface area contributed by atoms with Crippen LogP contribution in [0.1, 0.15) is 26.7 Å². The molecule has 1 rings (SSSR count). The van der Waals surface area contributed by atoms with E-state index in [-0.39, 0.29) is 0 Å². The van der Waals surface area contributed by atoms with E-state index in [9.17, 15) is 0 Å². The molecule has 0 aromatic carbocycles. The van der Waals surface area contributed by atoms with Crippen molar-refractivity contribution in [2.24, 2.45) is 11.8 Å². The highest BCUT2D eigenvalue weighted by Crippen LogP contribution is 2.28. The van der Waals surface area contributed by atoms with E-state index in [1.807, 2.05) is 7.05 Å². The van der Waals surface area contributed by atoms with Gasteiger partial charge in [0, 0.05) is 12.6 Å². The fraction of sp³-hybridized carbons (Fsp3) is 1.00. The Balaban J connectivity index is 2.01. The van der Waals surface area contributed by atoms with E-state index in [4.69, 9.17) is 4.74 Å². The molecule has 0 amide bonds. The molecule has 2 nitrogen and oxygen atoms in total. The summed E-state index contributed by atoms with van der Waals surface area (Å²) in [5.41, 5.74) is 0. The third kappa shape index (κ3) is 3.55. The molecule has 0 radical (unpaired) electrons. The molecule has 0 aliphatic heterocycles. The zero-order valence-electron chi connectivity index (χ0n) is 8.47. The third-order valence-electron chi connectivity index (χ3n) is 2.52. The summed E-state index contributed by atoms with van der Waals surface area (Å²) in [6.07, 6.45) is 2.76. The monoisotopic (exact) mass is 171 g/mol. The molecule has 0 aromatic rings. The Morgan fingerprint density at radius 3 is 2.50 bits per heavy atom. The van der Waals surface area contributed by atoms with E-state index in [1.54, 1.807) is 0 Å². The van der Waals surface area contributed by atoms with Crippen molar-refractivity contribution in [3.8, 4) is 0 Å². The molecule has 1 unspecified atom stereocenters. The van der Waals surface area contributed by atoms with Crippen LogP contribution in [0.15, 0.2) is 0 Å². The lowest BCUT2D eigenvalue weighted by Gasteiger charge is -2.19. The van der Waals surface area contributed by atoms with Gasteiger partial charge in [0.25, 0.3) is 0 Å². The van der Waals surface area contributed by atoms with Crippen LogP contribution in [0.4, 0.5) is 0 Å². The van der Waals surface area contributed by atoms with E-state index in [2.05, 4.69) is 19.2 Å². The molecule has 0 heterocycles. The zero-order valence-corrected chi connectivity index (χ0v) is 8.47. The first-order chi connectivity index (χ1) is 5.74. The number of likely N-dealkylation sites (N-methyl/N-ethyl adjacent to an activating group) is 1. The number of ether oxygens (including phenoxy) is 1. The smallest absolute Gasteiger partial charge is 0.0622 e. The molecule has 72 valence electrons. The fourth-order valence-electron chi connectivity index (χ4n) is 1.26. The molecule has 1 aliphatic carbocycles. The van der Waals surface area contributed by atoms with Crippen LogP contribution in [0, 0.1) is 11.8 Å². The van der Waals surface area contributed by atoms with E-state index in [1.165, 1.54) is 12.8 Å². The minimum Gasteiger partial charge on any atom is -0.380 e. The van der Waals surface area contributed by atoms with Gasteiger partial charge in [-0.2, -0.15) is 0 Å². The SMILES string of the molecule is CNC(COCC1CC1)C(C)C. The highest BCUT2D eigenvalue weighted by atomic mass is 16.5. The Hall–Kier alpha value is -0.0800. The quantitative estimate of drug-likeness (QED) is 0.656. The van der Waals surface area contributed by atoms with Crippen LogP contribution >= 0.6 is 0 Å². The lowest BCUT2D eigenvalue weighted by Crippen LogP contribution is -2.35. The highest BCUT2D eigenvalue weighted by Gasteiger charge is 2.21. The first-order valence-corrected chi connectivity index (χ1v) is 4.99. The highest BCUT2D eigenvalue weighted by molar-refractivity contribution is 4.73. The van der Waals surface area contributed by atoms with E-state index in [0.29, 0.717) is 12.0 Å². The number of hydrogen-bond acceptors (Lipinski definition) is 2. The average Bonchev–Trinajstić information content (AvgIpc) is 2.80. The lowest BCUT2D eigenvalue weighted by molar-refractivity contribution is 0.0927. The number of nitrogens with one attached hydrogen (secondary N) is 1. The molecule has 0 saturated heterocycles. The van der Waals surface area contributed by atoms with Gasteiger partial charge >= 0.3 is 0 Å². The van der Waals surface area contributed by atoms with Gasteiger partial charge in [-0.3, -0.25) is 0 Å². The van der Waals surface area contributed by atoms with Crippen LogP contribution in [-0.4, -0.2) is 26.3 Å². The minimum absolute atomic E-state index is 0.517. The minimum atomic E-state index is 0.517. The topological polar surface area (TPSA) is 21.3 Å². The predicted octanol–water partition coefficient (Wildman–Crippen LogP) is 1.66. The molecule has 12 heavy (non-hydrogen) atoms. The summed E-state index contributed by atoms with van der Waals surface area (Å²) in [6.45, 7) is 6.29. The lowest BCUT2D eigenvalue weighted by atomic mass is 10.1. The molecule has 1 saturated carbocycles. The standard InChI is InChI=1S/C10H21NO/c1-8(2)10(11-3)7-12-6-9-4-5-9/h8-11H,4-7H2,1-3H3. The van der Waals surface area contributed by atoms with Crippen molar-refractivity contribution in [1.29, 1.82) is 0 Å². The maximum absolute atomic E-state index is 5.61. The van der Waals surface area contributed by atoms with E-state index < -0.39 is 0 Å². The van der Waals surface area contributed by atoms with Gasteiger partial charge in [-0.25, -0.2) is 0 Å². The molecule has 1 fully saturated rings. The summed E-state index contributed by atoms with van der Waals surface area (Å²) in [4.78, 5) is 0. The summed E-state index contributed by atoms with van der Waals surface area (Å²) in [6, 6.07) is 0.517. The first-order valence-electron chi connectivity index (χ1n) is 4.99. The van der Waals surface area contributed by atoms with Crippen molar-refractivity contribution in [2.45, 2.75) is 32.7 Å². The van der Waals surface area contributed by atoms with Crippen molar-refractivity contribution in [3.05, 3.63) is 0 Å². The maximum Gasteiger partial charge on any atom is 0.0622 e. The van der Waals surface area contributed by atoms with Crippen LogP contribution in [0.5, 0.6) is 0 Å². The van der Waals surface area contributed by atoms with E-state index in [0.717, 1.165) is 19.1 Å². The Bertz CT molecular complexity index is 121. The molecule has 1 aliphatic rings. The summed E-state index contributed by atoms with van der Waals surface area (Å²) in [7, 11) is 2.01. The molecule has 0 spiro atoms. The fourth-order valence-corrected chi connectivity index (χ4v) is 1.26. The molecule has 0 bridgehead atoms. The Morgan fingerprint density at radius 2 is 2.08 bits per heavy atom. The Kier molecular flexibility index (Phi) is 4.02. The van der Waals surface area contributed by atoms with Gasteiger partial charge in [0.2, 0.25) is 0 Å². The zero-order chi connectivity index (χ0) is 8.97. The van der Waals surface area contributed by atoms with Gasteiger partial charge in [0.05, 0.1) is 6.61 Å². The maximum atomic E-state index is 5.61. The van der Waals surface area contributed by atoms with Gasteiger partial charge < -0.3 is 10.1 Å². The van der Waals surface area contributed by atoms with Crippen molar-refractivity contribution in [1.82, 2.24) is 5.32 Å². The Labute approximate surface area is 75.7 Å². The summed E-state index contributed by atoms with van der Waals surface area (Å²) < 4.78 is 5.61. The number of rotatable bonds is 6. The second-order valence-electron chi connectivity index (χ2n) is 4.12. The molecular formula is C10H21NO. The summed E-state index contributed by atoms with van der Waals surface area (Å²) in [5, 5.41) is 3.27. The van der Waals surface area contributed by atoms with Crippen molar-refractivity contribution >= 4 is 0 Å². The van der Waals surface area contributed by atoms with Crippen molar-refractivity contribution in [3.63, 3.8) is 0 Å². The van der Waals surface area contributed by atoms with Crippen LogP contribution in [0.25, 0.3) is 0 Å². The van der Waals surface area contributed by atoms with Crippen molar-refractivity contribution in [2.75, 3.05) is 20.3 Å². The third-order valence-corrected chi connectivity index (χ3v) is 2.52. The molecule has 1 atom stereocenters. The van der Waals surface area contributed by atoms with Gasteiger partial charge in [-0.1, -0.05) is 13.8 Å². The van der Waals surface area contributed by atoms with Gasteiger partial charge in [0.15, 0.2) is 0 Å². The van der Waals surface area contributed by atoms with Gasteiger partial charge in [-0.15, -0.1) is 0 Å². The van der Waals surface area contributed by atoms with Crippen LogP contribution < -0.4 is 5.32 Å². The number of hydrogen-bond donors (Lipinski definition) is 1. The van der Waals surface area contributed by atoms with Crippen LogP contribution in [0.2, 0.25) is 0 Å². The summed E-state index contributed by atoms with van der Waals surface area (Å²) in [5.74, 6) is 1.55. The normalized spacial score (nSPS) is 20.0. The van der Waals surface area contributed by atoms with Crippen LogP contribution in [0.3, 0.4) is 0 Å². The second-order valence-corrected chi connectivity index (χ2v) is 4.12. The second kappa shape index (κ2) is 4.83. The van der Waals surface area contributed by atoms with E-state index >= 15 is 0 Å². The first kappa shape index (κ1) is 10.0. The average molecular weight is 171 g/mol. The largest absolute Gasteiger partial charge is 0.380 e. The predicted molar refractivity (Wildman–Crippen MR) is 51.2 cm³/mol. The molecular weight excluding hydrogens is 150 g/mol. The molecule has 1 N–H and O–H groups in total. The summed E-state index contributed by atoms with van der Waals surface area (Å²) >= 11 is 0. The molecule has 2 heteroatoms. The van der Waals surface area contributed by atoms with Crippen LogP contribution in [-0.2, 0) is 4.74 Å². The molecule has 0 aromatic heterocycles. The van der Waals surface area contributed by atoms with Gasteiger partial charge in [0.1, 0.15) is 0 Å². The van der Waals surface area contributed by atoms with Crippen molar-refractivity contribution < 1.29 is 4.74 Å². The Morgan fingerprint density at radius 1 is 1.42 bits per heavy atom.